The lowest BCUT2D eigenvalue weighted by Gasteiger charge is -2.34. The number of nitrogens with one attached hydrogen (secondary N) is 1. The topological polar surface area (TPSA) is 61.9 Å². The summed E-state index contributed by atoms with van der Waals surface area (Å²) in [4.78, 5) is 26.8. The molecule has 23 heavy (non-hydrogen) atoms. The van der Waals surface area contributed by atoms with Crippen LogP contribution < -0.4 is 5.32 Å². The van der Waals surface area contributed by atoms with E-state index in [1.165, 1.54) is 12.5 Å². The minimum Gasteiger partial charge on any atom is -0.450 e. The van der Waals surface area contributed by atoms with Crippen LogP contribution in [-0.4, -0.2) is 61.1 Å². The number of carbonyl (C=O) groups excluding carboxylic acids is 2. The number of ether oxygens (including phenoxy) is 1. The summed E-state index contributed by atoms with van der Waals surface area (Å²) in [6.45, 7) is 7.92. The van der Waals surface area contributed by atoms with Crippen molar-refractivity contribution < 1.29 is 14.3 Å². The maximum Gasteiger partial charge on any atom is 0.409 e. The molecule has 1 aromatic carbocycles. The van der Waals surface area contributed by atoms with Crippen molar-refractivity contribution in [2.75, 3.05) is 44.6 Å². The Morgan fingerprint density at radius 1 is 1.13 bits per heavy atom. The van der Waals surface area contributed by atoms with Gasteiger partial charge in [0.15, 0.2) is 0 Å². The molecule has 6 nitrogen and oxygen atoms in total. The molecule has 6 heteroatoms. The highest BCUT2D eigenvalue weighted by Crippen LogP contribution is 2.11. The number of nitrogens with zero attached hydrogens (tertiary/aromatic N) is 2. The van der Waals surface area contributed by atoms with Gasteiger partial charge >= 0.3 is 6.09 Å². The minimum atomic E-state index is -0.208. The lowest BCUT2D eigenvalue weighted by Crippen LogP contribution is -2.49. The molecule has 0 radical (unpaired) electrons. The Bertz CT molecular complexity index is 522. The molecule has 1 aliphatic heterocycles. The van der Waals surface area contributed by atoms with Crippen molar-refractivity contribution in [2.24, 2.45) is 0 Å². The summed E-state index contributed by atoms with van der Waals surface area (Å²) < 4.78 is 5.02. The average molecular weight is 319 g/mol. The van der Waals surface area contributed by atoms with Crippen molar-refractivity contribution in [1.29, 1.82) is 0 Å². The summed E-state index contributed by atoms with van der Waals surface area (Å²) in [6.07, 6.45) is 0.750. The van der Waals surface area contributed by atoms with Crippen LogP contribution in [0.15, 0.2) is 24.3 Å². The molecule has 1 saturated heterocycles. The normalized spacial score (nSPS) is 15.3. The second-order valence-corrected chi connectivity index (χ2v) is 5.66. The van der Waals surface area contributed by atoms with Crippen LogP contribution in [0, 0.1) is 0 Å². The standard InChI is InChI=1S/C17H25N3O3/c1-3-23-17(22)20-12-10-19(11-13-20)9-8-15-4-6-16(7-5-15)18-14(2)21/h4-7H,3,8-13H2,1-2H3,(H,18,21). The highest BCUT2D eigenvalue weighted by Gasteiger charge is 2.21. The van der Waals surface area contributed by atoms with E-state index in [1.807, 2.05) is 31.2 Å². The highest BCUT2D eigenvalue weighted by atomic mass is 16.6. The summed E-state index contributed by atoms with van der Waals surface area (Å²) in [7, 11) is 0. The van der Waals surface area contributed by atoms with E-state index >= 15 is 0 Å². The molecule has 126 valence electrons. The lowest BCUT2D eigenvalue weighted by molar-refractivity contribution is -0.114. The van der Waals surface area contributed by atoms with Crippen molar-refractivity contribution in [2.45, 2.75) is 20.3 Å². The zero-order valence-electron chi connectivity index (χ0n) is 13.9. The number of piperazine rings is 1. The molecule has 1 heterocycles. The fourth-order valence-electron chi connectivity index (χ4n) is 2.61. The van der Waals surface area contributed by atoms with Gasteiger partial charge in [-0.25, -0.2) is 4.79 Å². The first-order chi connectivity index (χ1) is 11.1. The van der Waals surface area contributed by atoms with Gasteiger partial charge in [0.1, 0.15) is 0 Å². The van der Waals surface area contributed by atoms with Gasteiger partial charge in [0.2, 0.25) is 5.91 Å². The van der Waals surface area contributed by atoms with E-state index in [1.54, 1.807) is 4.90 Å². The Balaban J connectivity index is 1.73. The van der Waals surface area contributed by atoms with Gasteiger partial charge in [-0.05, 0) is 31.0 Å². The molecule has 2 rings (SSSR count). The third-order valence-electron chi connectivity index (χ3n) is 3.89. The summed E-state index contributed by atoms with van der Waals surface area (Å²) in [5, 5.41) is 2.76. The lowest BCUT2D eigenvalue weighted by atomic mass is 10.1. The molecule has 0 aromatic heterocycles. The van der Waals surface area contributed by atoms with E-state index in [0.717, 1.165) is 44.8 Å². The summed E-state index contributed by atoms with van der Waals surface area (Å²) in [5.74, 6) is -0.0581. The first kappa shape index (κ1) is 17.3. The van der Waals surface area contributed by atoms with Crippen LogP contribution >= 0.6 is 0 Å². The van der Waals surface area contributed by atoms with Crippen LogP contribution in [0.5, 0.6) is 0 Å². The van der Waals surface area contributed by atoms with Gasteiger partial charge in [-0.15, -0.1) is 0 Å². The molecule has 1 aromatic rings. The number of carbonyl (C=O) groups is 2. The number of rotatable bonds is 5. The zero-order chi connectivity index (χ0) is 16.7. The molecule has 2 amide bonds. The van der Waals surface area contributed by atoms with Crippen LogP contribution in [0.1, 0.15) is 19.4 Å². The fraction of sp³-hybridized carbons (Fsp3) is 0.529. The van der Waals surface area contributed by atoms with Gasteiger partial charge in [-0.2, -0.15) is 0 Å². The third kappa shape index (κ3) is 5.56. The number of hydrogen-bond acceptors (Lipinski definition) is 4. The minimum absolute atomic E-state index is 0.0581. The molecule has 1 aliphatic rings. The van der Waals surface area contributed by atoms with Gasteiger partial charge in [0.05, 0.1) is 6.61 Å². The summed E-state index contributed by atoms with van der Waals surface area (Å²) in [6, 6.07) is 7.94. The van der Waals surface area contributed by atoms with Crippen molar-refractivity contribution in [1.82, 2.24) is 9.80 Å². The first-order valence-corrected chi connectivity index (χ1v) is 8.09. The van der Waals surface area contributed by atoms with E-state index in [9.17, 15) is 9.59 Å². The second kappa shape index (κ2) is 8.53. The molecule has 0 bridgehead atoms. The van der Waals surface area contributed by atoms with Crippen molar-refractivity contribution >= 4 is 17.7 Å². The molecule has 0 saturated carbocycles. The van der Waals surface area contributed by atoms with E-state index in [0.29, 0.717) is 6.61 Å². The predicted octanol–water partition coefficient (Wildman–Crippen LogP) is 1.96. The van der Waals surface area contributed by atoms with E-state index in [4.69, 9.17) is 4.74 Å². The van der Waals surface area contributed by atoms with E-state index in [2.05, 4.69) is 10.2 Å². The number of benzene rings is 1. The Labute approximate surface area is 137 Å². The van der Waals surface area contributed by atoms with Gasteiger partial charge in [0, 0.05) is 45.3 Å². The quantitative estimate of drug-likeness (QED) is 0.901. The number of anilines is 1. The van der Waals surface area contributed by atoms with Crippen LogP contribution in [0.3, 0.4) is 0 Å². The maximum absolute atomic E-state index is 11.6. The largest absolute Gasteiger partial charge is 0.450 e. The summed E-state index contributed by atoms with van der Waals surface area (Å²) >= 11 is 0. The van der Waals surface area contributed by atoms with Crippen molar-refractivity contribution in [3.63, 3.8) is 0 Å². The molecule has 0 atom stereocenters. The maximum atomic E-state index is 11.6. The Hall–Kier alpha value is -2.08. The molecular formula is C17H25N3O3. The smallest absolute Gasteiger partial charge is 0.409 e. The van der Waals surface area contributed by atoms with Crippen molar-refractivity contribution in [3.05, 3.63) is 29.8 Å². The van der Waals surface area contributed by atoms with E-state index in [-0.39, 0.29) is 12.0 Å². The van der Waals surface area contributed by atoms with Gasteiger partial charge < -0.3 is 15.0 Å². The van der Waals surface area contributed by atoms with Crippen LogP contribution in [0.4, 0.5) is 10.5 Å². The Morgan fingerprint density at radius 3 is 2.35 bits per heavy atom. The average Bonchev–Trinajstić information content (AvgIpc) is 2.54. The highest BCUT2D eigenvalue weighted by molar-refractivity contribution is 5.88. The second-order valence-electron chi connectivity index (χ2n) is 5.66. The van der Waals surface area contributed by atoms with E-state index < -0.39 is 0 Å². The monoisotopic (exact) mass is 319 g/mol. The molecule has 1 N–H and O–H groups in total. The Kier molecular flexibility index (Phi) is 6.40. The zero-order valence-corrected chi connectivity index (χ0v) is 13.9. The molecule has 1 fully saturated rings. The SMILES string of the molecule is CCOC(=O)N1CCN(CCc2ccc(NC(C)=O)cc2)CC1. The Morgan fingerprint density at radius 2 is 1.78 bits per heavy atom. The number of amides is 2. The van der Waals surface area contributed by atoms with Gasteiger partial charge in [-0.1, -0.05) is 12.1 Å². The van der Waals surface area contributed by atoms with Gasteiger partial charge in [-0.3, -0.25) is 9.69 Å². The number of hydrogen-bond donors (Lipinski definition) is 1. The van der Waals surface area contributed by atoms with Crippen LogP contribution in [0.2, 0.25) is 0 Å². The fourth-order valence-corrected chi connectivity index (χ4v) is 2.61. The predicted molar refractivity (Wildman–Crippen MR) is 89.5 cm³/mol. The third-order valence-corrected chi connectivity index (χ3v) is 3.89. The van der Waals surface area contributed by atoms with Gasteiger partial charge in [0.25, 0.3) is 0 Å². The molecule has 0 unspecified atom stereocenters. The van der Waals surface area contributed by atoms with Crippen LogP contribution in [0.25, 0.3) is 0 Å². The first-order valence-electron chi connectivity index (χ1n) is 8.09. The van der Waals surface area contributed by atoms with Crippen LogP contribution in [-0.2, 0) is 16.0 Å². The summed E-state index contributed by atoms with van der Waals surface area (Å²) in [5.41, 5.74) is 2.07. The molecular weight excluding hydrogens is 294 g/mol. The molecule has 0 spiro atoms. The molecule has 0 aliphatic carbocycles. The van der Waals surface area contributed by atoms with Crippen molar-refractivity contribution in [3.8, 4) is 0 Å².